The van der Waals surface area contributed by atoms with Crippen molar-refractivity contribution in [3.05, 3.63) is 48.6 Å². The van der Waals surface area contributed by atoms with Crippen LogP contribution in [0.1, 0.15) is 387 Å². The van der Waals surface area contributed by atoms with Crippen molar-refractivity contribution in [2.45, 2.75) is 393 Å². The number of ether oxygens (including phenoxy) is 3. The third-order valence-electron chi connectivity index (χ3n) is 16.1. The summed E-state index contributed by atoms with van der Waals surface area (Å²) in [5, 5.41) is 0. The number of unbranched alkanes of at least 4 members (excludes halogenated alkanes) is 47. The van der Waals surface area contributed by atoms with Gasteiger partial charge in [-0.05, 0) is 57.8 Å². The van der Waals surface area contributed by atoms with E-state index in [0.29, 0.717) is 19.3 Å². The Morgan fingerprint density at radius 2 is 0.487 bits per heavy atom. The number of esters is 3. The zero-order valence-corrected chi connectivity index (χ0v) is 53.9. The topological polar surface area (TPSA) is 78.9 Å². The molecule has 6 heteroatoms. The van der Waals surface area contributed by atoms with Gasteiger partial charge in [-0.1, -0.05) is 358 Å². The minimum Gasteiger partial charge on any atom is -0.462 e. The van der Waals surface area contributed by atoms with Crippen LogP contribution in [0.3, 0.4) is 0 Å². The van der Waals surface area contributed by atoms with Crippen LogP contribution in [0.2, 0.25) is 0 Å². The standard InChI is InChI=1S/C74H136O6/c1-4-7-10-13-16-19-22-24-26-28-30-32-33-34-35-36-37-38-39-40-41-42-44-45-47-49-52-55-58-61-64-67-73(76)79-70-71(69-78-72(75)66-63-60-57-54-51-21-18-15-12-9-6-3)80-74(77)68-65-62-59-56-53-50-48-46-43-31-29-27-25-23-20-17-14-11-8-5-2/h7,10,16,19,24,26,30,32,71H,4-6,8-9,11-15,17-18,20-23,25,27-29,31,33-70H2,1-3H3/b10-7-,19-16-,26-24-,32-30-. The Morgan fingerprint density at radius 3 is 0.762 bits per heavy atom. The molecule has 0 aliphatic heterocycles. The zero-order chi connectivity index (χ0) is 57.8. The summed E-state index contributed by atoms with van der Waals surface area (Å²) in [6.07, 6.45) is 87.2. The fraction of sp³-hybridized carbons (Fsp3) is 0.851. The van der Waals surface area contributed by atoms with E-state index < -0.39 is 6.10 Å². The Bertz CT molecular complexity index is 1380. The van der Waals surface area contributed by atoms with Crippen LogP contribution in [0.15, 0.2) is 48.6 Å². The quantitative estimate of drug-likeness (QED) is 0.0261. The molecule has 1 atom stereocenters. The average molecular weight is 1120 g/mol. The number of hydrogen-bond acceptors (Lipinski definition) is 6. The third kappa shape index (κ3) is 66.2. The van der Waals surface area contributed by atoms with Gasteiger partial charge in [-0.2, -0.15) is 0 Å². The Morgan fingerprint density at radius 1 is 0.263 bits per heavy atom. The second-order valence-corrected chi connectivity index (χ2v) is 24.1. The maximum absolute atomic E-state index is 12.9. The number of carbonyl (C=O) groups is 3. The van der Waals surface area contributed by atoms with Crippen LogP contribution >= 0.6 is 0 Å². The van der Waals surface area contributed by atoms with Gasteiger partial charge in [-0.15, -0.1) is 0 Å². The van der Waals surface area contributed by atoms with Gasteiger partial charge in [0.2, 0.25) is 0 Å². The molecule has 0 heterocycles. The van der Waals surface area contributed by atoms with Crippen molar-refractivity contribution in [2.75, 3.05) is 13.2 Å². The van der Waals surface area contributed by atoms with Gasteiger partial charge in [-0.3, -0.25) is 14.4 Å². The molecular weight excluding hydrogens is 985 g/mol. The second-order valence-electron chi connectivity index (χ2n) is 24.1. The van der Waals surface area contributed by atoms with Crippen LogP contribution in [0.5, 0.6) is 0 Å². The number of allylic oxidation sites excluding steroid dienone is 8. The monoisotopic (exact) mass is 1120 g/mol. The van der Waals surface area contributed by atoms with Gasteiger partial charge in [0, 0.05) is 19.3 Å². The molecule has 0 aromatic heterocycles. The summed E-state index contributed by atoms with van der Waals surface area (Å²) in [4.78, 5) is 38.4. The Labute approximate surface area is 498 Å². The molecule has 0 aliphatic rings. The van der Waals surface area contributed by atoms with Crippen LogP contribution in [0.4, 0.5) is 0 Å². The molecule has 6 nitrogen and oxygen atoms in total. The van der Waals surface area contributed by atoms with Crippen LogP contribution < -0.4 is 0 Å². The molecule has 0 aliphatic carbocycles. The van der Waals surface area contributed by atoms with E-state index in [2.05, 4.69) is 69.4 Å². The number of hydrogen-bond donors (Lipinski definition) is 0. The SMILES string of the molecule is CC/C=C\C/C=C\C/C=C\C/C=C\CCCCCCCCCCCCCCCCCCCCC(=O)OCC(COC(=O)CCCCCCCCCCCCC)OC(=O)CCCCCCCCCCCCCCCCCCCCCC. The van der Waals surface area contributed by atoms with Gasteiger partial charge >= 0.3 is 17.9 Å². The Kier molecular flexibility index (Phi) is 66.6. The summed E-state index contributed by atoms with van der Waals surface area (Å²) in [6, 6.07) is 0. The molecule has 80 heavy (non-hydrogen) atoms. The fourth-order valence-electron chi connectivity index (χ4n) is 10.8. The molecule has 0 aromatic carbocycles. The van der Waals surface area contributed by atoms with Crippen molar-refractivity contribution in [3.63, 3.8) is 0 Å². The molecule has 0 amide bonds. The van der Waals surface area contributed by atoms with E-state index in [-0.39, 0.29) is 31.1 Å². The van der Waals surface area contributed by atoms with E-state index in [4.69, 9.17) is 14.2 Å². The molecule has 468 valence electrons. The first kappa shape index (κ1) is 77.4. The van der Waals surface area contributed by atoms with Gasteiger partial charge in [0.25, 0.3) is 0 Å². The lowest BCUT2D eigenvalue weighted by molar-refractivity contribution is -0.167. The minimum absolute atomic E-state index is 0.0650. The van der Waals surface area contributed by atoms with E-state index in [1.807, 2.05) is 0 Å². The maximum atomic E-state index is 12.9. The maximum Gasteiger partial charge on any atom is 0.306 e. The summed E-state index contributed by atoms with van der Waals surface area (Å²) in [5.41, 5.74) is 0. The first-order chi connectivity index (χ1) is 39.5. The molecule has 0 fully saturated rings. The second kappa shape index (κ2) is 68.9. The molecule has 0 spiro atoms. The van der Waals surface area contributed by atoms with Crippen molar-refractivity contribution in [3.8, 4) is 0 Å². The minimum atomic E-state index is -0.767. The molecule has 0 aromatic rings. The molecule has 0 rings (SSSR count). The number of carbonyl (C=O) groups excluding carboxylic acids is 3. The largest absolute Gasteiger partial charge is 0.462 e. The normalized spacial score (nSPS) is 12.3. The van der Waals surface area contributed by atoms with Crippen molar-refractivity contribution >= 4 is 17.9 Å². The summed E-state index contributed by atoms with van der Waals surface area (Å²) in [6.45, 7) is 6.59. The van der Waals surface area contributed by atoms with Gasteiger partial charge in [0.05, 0.1) is 0 Å². The molecular formula is C74H136O6. The van der Waals surface area contributed by atoms with Crippen LogP contribution in [0, 0.1) is 0 Å². The van der Waals surface area contributed by atoms with Gasteiger partial charge in [0.15, 0.2) is 6.10 Å². The van der Waals surface area contributed by atoms with E-state index >= 15 is 0 Å². The van der Waals surface area contributed by atoms with Crippen LogP contribution in [0.25, 0.3) is 0 Å². The summed E-state index contributed by atoms with van der Waals surface area (Å²) in [7, 11) is 0. The van der Waals surface area contributed by atoms with Crippen LogP contribution in [-0.4, -0.2) is 37.2 Å². The van der Waals surface area contributed by atoms with E-state index in [1.54, 1.807) is 0 Å². The first-order valence-electron chi connectivity index (χ1n) is 35.6. The first-order valence-corrected chi connectivity index (χ1v) is 35.6. The predicted molar refractivity (Wildman–Crippen MR) is 349 cm³/mol. The molecule has 0 N–H and O–H groups in total. The fourth-order valence-corrected chi connectivity index (χ4v) is 10.8. The zero-order valence-electron chi connectivity index (χ0n) is 53.9. The third-order valence-corrected chi connectivity index (χ3v) is 16.1. The van der Waals surface area contributed by atoms with Gasteiger partial charge < -0.3 is 14.2 Å². The summed E-state index contributed by atoms with van der Waals surface area (Å²) >= 11 is 0. The van der Waals surface area contributed by atoms with Crippen molar-refractivity contribution in [1.82, 2.24) is 0 Å². The number of rotatable bonds is 66. The average Bonchev–Trinajstić information content (AvgIpc) is 3.46. The molecule has 1 unspecified atom stereocenters. The highest BCUT2D eigenvalue weighted by molar-refractivity contribution is 5.71. The highest BCUT2D eigenvalue weighted by atomic mass is 16.6. The van der Waals surface area contributed by atoms with Crippen molar-refractivity contribution in [1.29, 1.82) is 0 Å². The lowest BCUT2D eigenvalue weighted by atomic mass is 10.0. The van der Waals surface area contributed by atoms with Crippen molar-refractivity contribution < 1.29 is 28.6 Å². The van der Waals surface area contributed by atoms with E-state index in [0.717, 1.165) is 83.5 Å². The smallest absolute Gasteiger partial charge is 0.306 e. The Hall–Kier alpha value is -2.63. The predicted octanol–water partition coefficient (Wildman–Crippen LogP) is 24.5. The van der Waals surface area contributed by atoms with Crippen LogP contribution in [-0.2, 0) is 28.6 Å². The van der Waals surface area contributed by atoms with Crippen molar-refractivity contribution in [2.24, 2.45) is 0 Å². The molecule has 0 bridgehead atoms. The molecule has 0 radical (unpaired) electrons. The summed E-state index contributed by atoms with van der Waals surface area (Å²) < 4.78 is 17.0. The van der Waals surface area contributed by atoms with Gasteiger partial charge in [-0.25, -0.2) is 0 Å². The van der Waals surface area contributed by atoms with E-state index in [9.17, 15) is 14.4 Å². The lowest BCUT2D eigenvalue weighted by Crippen LogP contribution is -2.30. The highest BCUT2D eigenvalue weighted by Gasteiger charge is 2.19. The van der Waals surface area contributed by atoms with E-state index in [1.165, 1.54) is 263 Å². The molecule has 0 saturated carbocycles. The Balaban J connectivity index is 4.12. The lowest BCUT2D eigenvalue weighted by Gasteiger charge is -2.18. The highest BCUT2D eigenvalue weighted by Crippen LogP contribution is 2.19. The van der Waals surface area contributed by atoms with Gasteiger partial charge in [0.1, 0.15) is 13.2 Å². The summed E-state index contributed by atoms with van der Waals surface area (Å²) in [5.74, 6) is -0.835. The molecule has 0 saturated heterocycles.